The zero-order valence-corrected chi connectivity index (χ0v) is 13.8. The van der Waals surface area contributed by atoms with E-state index in [1.165, 1.54) is 51.4 Å². The van der Waals surface area contributed by atoms with Gasteiger partial charge in [0.15, 0.2) is 0 Å². The van der Waals surface area contributed by atoms with Crippen LogP contribution in [-0.2, 0) is 4.74 Å². The average molecular weight is 282 g/mol. The lowest BCUT2D eigenvalue weighted by Gasteiger charge is -2.50. The topological polar surface area (TPSA) is 24.5 Å². The van der Waals surface area contributed by atoms with Gasteiger partial charge in [0.2, 0.25) is 0 Å². The summed E-state index contributed by atoms with van der Waals surface area (Å²) in [5, 5.41) is 3.87. The lowest BCUT2D eigenvalue weighted by atomic mass is 9.73. The Kier molecular flexibility index (Phi) is 6.31. The standard InChI is InChI=1S/C17H34N2O/c1-4-18-16(15-9-13-20-14-10-15)17(19(2)3)11-7-5-6-8-12-17/h15-16,18H,4-14H2,1-3H3. The minimum atomic E-state index is 0.356. The first-order valence-electron chi connectivity index (χ1n) is 8.69. The fourth-order valence-electron chi connectivity index (χ4n) is 4.44. The highest BCUT2D eigenvalue weighted by Gasteiger charge is 2.44. The zero-order valence-electron chi connectivity index (χ0n) is 13.8. The van der Waals surface area contributed by atoms with E-state index >= 15 is 0 Å². The van der Waals surface area contributed by atoms with Crippen molar-refractivity contribution < 1.29 is 4.74 Å². The van der Waals surface area contributed by atoms with E-state index in [9.17, 15) is 0 Å². The molecule has 20 heavy (non-hydrogen) atoms. The van der Waals surface area contributed by atoms with Crippen LogP contribution in [0.4, 0.5) is 0 Å². The predicted octanol–water partition coefficient (Wildman–Crippen LogP) is 3.05. The van der Waals surface area contributed by atoms with Gasteiger partial charge < -0.3 is 15.0 Å². The molecule has 0 amide bonds. The molecule has 1 atom stereocenters. The second kappa shape index (κ2) is 7.77. The fraction of sp³-hybridized carbons (Fsp3) is 1.00. The highest BCUT2D eigenvalue weighted by molar-refractivity contribution is 5.02. The Hall–Kier alpha value is -0.120. The summed E-state index contributed by atoms with van der Waals surface area (Å²) in [7, 11) is 4.60. The van der Waals surface area contributed by atoms with Crippen LogP contribution in [0.1, 0.15) is 58.3 Å². The van der Waals surface area contributed by atoms with Crippen molar-refractivity contribution in [3.05, 3.63) is 0 Å². The number of hydrogen-bond acceptors (Lipinski definition) is 3. The molecule has 0 spiro atoms. The van der Waals surface area contributed by atoms with Crippen LogP contribution in [0.2, 0.25) is 0 Å². The molecule has 1 aliphatic heterocycles. The first-order valence-corrected chi connectivity index (χ1v) is 8.69. The summed E-state index contributed by atoms with van der Waals surface area (Å²) in [5.74, 6) is 0.782. The van der Waals surface area contributed by atoms with Crippen molar-refractivity contribution in [2.45, 2.75) is 69.9 Å². The minimum absolute atomic E-state index is 0.356. The van der Waals surface area contributed by atoms with Crippen molar-refractivity contribution in [3.8, 4) is 0 Å². The molecule has 0 radical (unpaired) electrons. The molecule has 2 fully saturated rings. The fourth-order valence-corrected chi connectivity index (χ4v) is 4.44. The summed E-state index contributed by atoms with van der Waals surface area (Å²) < 4.78 is 5.59. The summed E-state index contributed by atoms with van der Waals surface area (Å²) in [4.78, 5) is 2.54. The van der Waals surface area contributed by atoms with Gasteiger partial charge in [-0.15, -0.1) is 0 Å². The second-order valence-corrected chi connectivity index (χ2v) is 6.90. The Morgan fingerprint density at radius 1 is 1.10 bits per heavy atom. The zero-order chi connectivity index (χ0) is 14.4. The normalized spacial score (nSPS) is 26.4. The van der Waals surface area contributed by atoms with Crippen LogP contribution in [0.3, 0.4) is 0 Å². The number of nitrogens with one attached hydrogen (secondary N) is 1. The summed E-state index contributed by atoms with van der Waals surface area (Å²) >= 11 is 0. The van der Waals surface area contributed by atoms with Gasteiger partial charge in [-0.1, -0.05) is 32.6 Å². The van der Waals surface area contributed by atoms with Gasteiger partial charge in [-0.25, -0.2) is 0 Å². The van der Waals surface area contributed by atoms with Crippen molar-refractivity contribution >= 4 is 0 Å². The third kappa shape index (κ3) is 3.55. The number of ether oxygens (including phenoxy) is 1. The van der Waals surface area contributed by atoms with Crippen LogP contribution < -0.4 is 5.32 Å². The van der Waals surface area contributed by atoms with Crippen molar-refractivity contribution in [1.29, 1.82) is 0 Å². The van der Waals surface area contributed by atoms with Crippen molar-refractivity contribution in [2.75, 3.05) is 33.9 Å². The van der Waals surface area contributed by atoms with E-state index in [1.54, 1.807) is 0 Å². The monoisotopic (exact) mass is 282 g/mol. The lowest BCUT2D eigenvalue weighted by Crippen LogP contribution is -2.62. The molecule has 1 saturated carbocycles. The molecule has 3 heteroatoms. The van der Waals surface area contributed by atoms with Gasteiger partial charge in [-0.05, 0) is 52.2 Å². The highest BCUT2D eigenvalue weighted by Crippen LogP contribution is 2.39. The SMILES string of the molecule is CCNC(C1CCOCC1)C1(N(C)C)CCCCCC1. The van der Waals surface area contributed by atoms with E-state index in [-0.39, 0.29) is 0 Å². The Balaban J connectivity index is 2.20. The van der Waals surface area contributed by atoms with Gasteiger partial charge >= 0.3 is 0 Å². The number of hydrogen-bond donors (Lipinski definition) is 1. The Morgan fingerprint density at radius 3 is 2.20 bits per heavy atom. The van der Waals surface area contributed by atoms with Crippen LogP contribution in [0, 0.1) is 5.92 Å². The minimum Gasteiger partial charge on any atom is -0.381 e. The van der Waals surface area contributed by atoms with Crippen LogP contribution in [-0.4, -0.2) is 50.3 Å². The molecule has 1 N–H and O–H groups in total. The molecule has 0 aromatic carbocycles. The van der Waals surface area contributed by atoms with Gasteiger partial charge in [0.25, 0.3) is 0 Å². The summed E-state index contributed by atoms with van der Waals surface area (Å²) in [5.41, 5.74) is 0.356. The molecule has 0 aromatic rings. The maximum atomic E-state index is 5.59. The molecular weight excluding hydrogens is 248 g/mol. The molecule has 0 aromatic heterocycles. The lowest BCUT2D eigenvalue weighted by molar-refractivity contribution is 0.00137. The first kappa shape index (κ1) is 16.3. The number of rotatable bonds is 5. The summed E-state index contributed by atoms with van der Waals surface area (Å²) in [6.07, 6.45) is 10.8. The quantitative estimate of drug-likeness (QED) is 0.784. The first-order chi connectivity index (χ1) is 9.70. The van der Waals surface area contributed by atoms with Crippen LogP contribution >= 0.6 is 0 Å². The van der Waals surface area contributed by atoms with Gasteiger partial charge in [-0.2, -0.15) is 0 Å². The molecule has 1 unspecified atom stereocenters. The van der Waals surface area contributed by atoms with E-state index in [1.807, 2.05) is 0 Å². The largest absolute Gasteiger partial charge is 0.381 e. The summed E-state index contributed by atoms with van der Waals surface area (Å²) in [6, 6.07) is 0.629. The van der Waals surface area contributed by atoms with Gasteiger partial charge in [0, 0.05) is 24.8 Å². The van der Waals surface area contributed by atoms with E-state index in [0.29, 0.717) is 11.6 Å². The molecule has 118 valence electrons. The van der Waals surface area contributed by atoms with Crippen LogP contribution in [0.25, 0.3) is 0 Å². The molecular formula is C17H34N2O. The summed E-state index contributed by atoms with van der Waals surface area (Å²) in [6.45, 7) is 5.25. The van der Waals surface area contributed by atoms with Gasteiger partial charge in [0.1, 0.15) is 0 Å². The molecule has 1 aliphatic carbocycles. The molecule has 1 saturated heterocycles. The number of nitrogens with zero attached hydrogens (tertiary/aromatic N) is 1. The van der Waals surface area contributed by atoms with Crippen LogP contribution in [0.15, 0.2) is 0 Å². The smallest absolute Gasteiger partial charge is 0.0469 e. The van der Waals surface area contributed by atoms with E-state index in [2.05, 4.69) is 31.2 Å². The molecule has 3 nitrogen and oxygen atoms in total. The third-order valence-electron chi connectivity index (χ3n) is 5.60. The molecule has 1 heterocycles. The molecule has 2 rings (SSSR count). The maximum Gasteiger partial charge on any atom is 0.0469 e. The van der Waals surface area contributed by atoms with Crippen molar-refractivity contribution in [3.63, 3.8) is 0 Å². The van der Waals surface area contributed by atoms with E-state index < -0.39 is 0 Å². The van der Waals surface area contributed by atoms with Crippen molar-refractivity contribution in [1.82, 2.24) is 10.2 Å². The third-order valence-corrected chi connectivity index (χ3v) is 5.60. The van der Waals surface area contributed by atoms with Gasteiger partial charge in [0.05, 0.1) is 0 Å². The highest BCUT2D eigenvalue weighted by atomic mass is 16.5. The number of likely N-dealkylation sites (N-methyl/N-ethyl adjacent to an activating group) is 2. The van der Waals surface area contributed by atoms with Crippen molar-refractivity contribution in [2.24, 2.45) is 5.92 Å². The Bertz CT molecular complexity index is 266. The predicted molar refractivity (Wildman–Crippen MR) is 85.1 cm³/mol. The average Bonchev–Trinajstić information content (AvgIpc) is 2.72. The Labute approximate surface area is 125 Å². The second-order valence-electron chi connectivity index (χ2n) is 6.90. The van der Waals surface area contributed by atoms with Crippen LogP contribution in [0.5, 0.6) is 0 Å². The van der Waals surface area contributed by atoms with E-state index in [0.717, 1.165) is 25.7 Å². The van der Waals surface area contributed by atoms with E-state index in [4.69, 9.17) is 4.74 Å². The maximum absolute atomic E-state index is 5.59. The van der Waals surface area contributed by atoms with Gasteiger partial charge in [-0.3, -0.25) is 0 Å². The molecule has 2 aliphatic rings. The Morgan fingerprint density at radius 2 is 1.70 bits per heavy atom. The molecule has 0 bridgehead atoms.